The van der Waals surface area contributed by atoms with Crippen molar-refractivity contribution in [3.05, 3.63) is 23.8 Å². The molecule has 0 saturated heterocycles. The summed E-state index contributed by atoms with van der Waals surface area (Å²) in [6.45, 7) is 8.41. The van der Waals surface area contributed by atoms with Crippen molar-refractivity contribution in [2.45, 2.75) is 71.7 Å². The van der Waals surface area contributed by atoms with Crippen molar-refractivity contribution in [1.82, 2.24) is 0 Å². The van der Waals surface area contributed by atoms with E-state index in [2.05, 4.69) is 0 Å². The Morgan fingerprint density at radius 2 is 2.04 bits per heavy atom. The van der Waals surface area contributed by atoms with E-state index in [9.17, 15) is 14.7 Å². The van der Waals surface area contributed by atoms with Gasteiger partial charge >= 0.3 is 11.9 Å². The molecule has 0 radical (unpaired) electrons. The van der Waals surface area contributed by atoms with Gasteiger partial charge in [0.15, 0.2) is 0 Å². The maximum Gasteiger partial charge on any atom is 0.306 e. The Labute approximate surface area is 155 Å². The minimum Gasteiger partial charge on any atom is -0.457 e. The van der Waals surface area contributed by atoms with Crippen molar-refractivity contribution < 1.29 is 29.3 Å². The van der Waals surface area contributed by atoms with E-state index < -0.39 is 23.8 Å². The average Bonchev–Trinajstić information content (AvgIpc) is 2.53. The normalized spacial score (nSPS) is 35.7. The number of carbonyl (C=O) groups excluding carboxylic acids is 2. The molecule has 0 aliphatic carbocycles. The lowest BCUT2D eigenvalue weighted by Gasteiger charge is -2.32. The van der Waals surface area contributed by atoms with Crippen LogP contribution in [0.5, 0.6) is 0 Å². The summed E-state index contributed by atoms with van der Waals surface area (Å²) >= 11 is 0. The van der Waals surface area contributed by atoms with Gasteiger partial charge in [-0.05, 0) is 44.3 Å². The number of hydrogen-bond acceptors (Lipinski definition) is 6. The van der Waals surface area contributed by atoms with Crippen LogP contribution in [0.15, 0.2) is 23.8 Å². The van der Waals surface area contributed by atoms with E-state index in [1.807, 2.05) is 13.8 Å². The molecule has 2 N–H and O–H groups in total. The molecule has 6 heteroatoms. The van der Waals surface area contributed by atoms with Crippen molar-refractivity contribution >= 4 is 11.9 Å². The molecule has 26 heavy (non-hydrogen) atoms. The highest BCUT2D eigenvalue weighted by molar-refractivity contribution is 5.70. The van der Waals surface area contributed by atoms with Crippen LogP contribution in [0.4, 0.5) is 0 Å². The number of aliphatic hydroxyl groups excluding tert-OH is 1. The van der Waals surface area contributed by atoms with Gasteiger partial charge in [0.2, 0.25) is 0 Å². The lowest BCUT2D eigenvalue weighted by molar-refractivity contribution is -0.156. The SMILES string of the molecule is CC(=O)O[C@H]1/C=C/[C@H](C)[C@@H](/C(C)=C/CO)OC(=O)C[C@H](C)CC[C@@]1(C)O. The van der Waals surface area contributed by atoms with Crippen molar-refractivity contribution in [1.29, 1.82) is 0 Å². The second-order valence-corrected chi connectivity index (χ2v) is 7.52. The predicted octanol–water partition coefficient (Wildman–Crippen LogP) is 2.53. The number of hydrogen-bond donors (Lipinski definition) is 2. The molecule has 1 aliphatic heterocycles. The number of rotatable bonds is 3. The first-order valence-corrected chi connectivity index (χ1v) is 9.11. The van der Waals surface area contributed by atoms with Gasteiger partial charge in [-0.25, -0.2) is 0 Å². The summed E-state index contributed by atoms with van der Waals surface area (Å²) in [6, 6.07) is 0. The summed E-state index contributed by atoms with van der Waals surface area (Å²) in [4.78, 5) is 23.7. The van der Waals surface area contributed by atoms with E-state index in [0.29, 0.717) is 12.8 Å². The summed E-state index contributed by atoms with van der Waals surface area (Å²) in [5.41, 5.74) is -0.483. The number of carbonyl (C=O) groups is 2. The summed E-state index contributed by atoms with van der Waals surface area (Å²) in [5.74, 6) is -0.962. The van der Waals surface area contributed by atoms with Gasteiger partial charge in [-0.2, -0.15) is 0 Å². The molecule has 0 spiro atoms. The molecule has 0 unspecified atom stereocenters. The van der Waals surface area contributed by atoms with E-state index in [1.165, 1.54) is 6.92 Å². The first kappa shape index (κ1) is 22.4. The monoisotopic (exact) mass is 368 g/mol. The van der Waals surface area contributed by atoms with Gasteiger partial charge < -0.3 is 19.7 Å². The Morgan fingerprint density at radius 1 is 1.38 bits per heavy atom. The zero-order valence-electron chi connectivity index (χ0n) is 16.4. The molecule has 0 aromatic heterocycles. The Bertz CT molecular complexity index is 549. The van der Waals surface area contributed by atoms with Crippen LogP contribution in [0.25, 0.3) is 0 Å². The highest BCUT2D eigenvalue weighted by atomic mass is 16.6. The average molecular weight is 368 g/mol. The number of cyclic esters (lactones) is 1. The minimum absolute atomic E-state index is 0.0217. The molecule has 0 amide bonds. The van der Waals surface area contributed by atoms with Gasteiger partial charge in [0, 0.05) is 19.3 Å². The van der Waals surface area contributed by atoms with Crippen LogP contribution in [-0.2, 0) is 19.1 Å². The third-order valence-corrected chi connectivity index (χ3v) is 4.75. The van der Waals surface area contributed by atoms with Crippen LogP contribution in [0.3, 0.4) is 0 Å². The molecule has 0 aromatic carbocycles. The molecular formula is C20H32O6. The van der Waals surface area contributed by atoms with Crippen molar-refractivity contribution in [2.75, 3.05) is 6.61 Å². The van der Waals surface area contributed by atoms with E-state index >= 15 is 0 Å². The third-order valence-electron chi connectivity index (χ3n) is 4.75. The predicted molar refractivity (Wildman–Crippen MR) is 98.2 cm³/mol. The maximum atomic E-state index is 12.3. The summed E-state index contributed by atoms with van der Waals surface area (Å²) in [6.07, 6.45) is 4.97. The number of ether oxygens (including phenoxy) is 2. The standard InChI is InChI=1S/C20H32O6/c1-13-8-10-20(5,24)17(25-16(4)22)7-6-14(2)19(15(3)9-11-21)26-18(23)12-13/h6-7,9,13-14,17,19,21,24H,8,10-12H2,1-5H3/b7-6+,15-9+/t13-,14+,17+,19+,20-/m1/s1. The molecule has 1 rings (SSSR count). The fourth-order valence-corrected chi connectivity index (χ4v) is 3.06. The van der Waals surface area contributed by atoms with Crippen molar-refractivity contribution in [2.24, 2.45) is 11.8 Å². The molecule has 5 atom stereocenters. The minimum atomic E-state index is -1.23. The van der Waals surface area contributed by atoms with Gasteiger partial charge in [0.25, 0.3) is 0 Å². The van der Waals surface area contributed by atoms with Gasteiger partial charge in [-0.1, -0.05) is 26.0 Å². The maximum absolute atomic E-state index is 12.3. The topological polar surface area (TPSA) is 93.1 Å². The number of aliphatic hydroxyl groups is 2. The van der Waals surface area contributed by atoms with Crippen molar-refractivity contribution in [3.8, 4) is 0 Å². The van der Waals surface area contributed by atoms with Crippen LogP contribution < -0.4 is 0 Å². The van der Waals surface area contributed by atoms with Gasteiger partial charge in [-0.15, -0.1) is 0 Å². The van der Waals surface area contributed by atoms with E-state index in [-0.39, 0.29) is 30.8 Å². The fraction of sp³-hybridized carbons (Fsp3) is 0.700. The second kappa shape index (κ2) is 9.88. The second-order valence-electron chi connectivity index (χ2n) is 7.52. The summed E-state index contributed by atoms with van der Waals surface area (Å²) in [7, 11) is 0. The van der Waals surface area contributed by atoms with Crippen LogP contribution in [0, 0.1) is 11.8 Å². The van der Waals surface area contributed by atoms with Gasteiger partial charge in [0.05, 0.1) is 6.61 Å². The molecule has 0 saturated carbocycles. The third kappa shape index (κ3) is 6.92. The van der Waals surface area contributed by atoms with Crippen LogP contribution in [0.2, 0.25) is 0 Å². The lowest BCUT2D eigenvalue weighted by Crippen LogP contribution is -2.41. The van der Waals surface area contributed by atoms with E-state index in [1.54, 1.807) is 32.1 Å². The fourth-order valence-electron chi connectivity index (χ4n) is 3.06. The Kier molecular flexibility index (Phi) is 8.50. The molecule has 0 fully saturated rings. The molecule has 0 bridgehead atoms. The highest BCUT2D eigenvalue weighted by Gasteiger charge is 2.34. The molecule has 1 aliphatic rings. The quantitative estimate of drug-likeness (QED) is 0.587. The van der Waals surface area contributed by atoms with Crippen LogP contribution >= 0.6 is 0 Å². The zero-order chi connectivity index (χ0) is 19.9. The van der Waals surface area contributed by atoms with Crippen LogP contribution in [0.1, 0.15) is 53.9 Å². The molecule has 0 aromatic rings. The Morgan fingerprint density at radius 3 is 2.62 bits per heavy atom. The Balaban J connectivity index is 3.22. The van der Waals surface area contributed by atoms with E-state index in [4.69, 9.17) is 14.6 Å². The smallest absolute Gasteiger partial charge is 0.306 e. The molecule has 148 valence electrons. The highest BCUT2D eigenvalue weighted by Crippen LogP contribution is 2.28. The lowest BCUT2D eigenvalue weighted by atomic mass is 9.87. The largest absolute Gasteiger partial charge is 0.457 e. The number of esters is 2. The van der Waals surface area contributed by atoms with Gasteiger partial charge in [-0.3, -0.25) is 9.59 Å². The first-order valence-electron chi connectivity index (χ1n) is 9.11. The molecule has 1 heterocycles. The first-order chi connectivity index (χ1) is 12.1. The summed E-state index contributed by atoms with van der Waals surface area (Å²) in [5, 5.41) is 20.0. The van der Waals surface area contributed by atoms with E-state index in [0.717, 1.165) is 5.57 Å². The van der Waals surface area contributed by atoms with Gasteiger partial charge in [0.1, 0.15) is 17.8 Å². The van der Waals surface area contributed by atoms with Crippen molar-refractivity contribution in [3.63, 3.8) is 0 Å². The zero-order valence-corrected chi connectivity index (χ0v) is 16.4. The summed E-state index contributed by atoms with van der Waals surface area (Å²) < 4.78 is 11.0. The molecular weight excluding hydrogens is 336 g/mol. The Hall–Kier alpha value is -1.66. The molecule has 6 nitrogen and oxygen atoms in total. The van der Waals surface area contributed by atoms with Crippen LogP contribution in [-0.4, -0.2) is 46.6 Å².